The maximum absolute atomic E-state index is 12.4. The summed E-state index contributed by atoms with van der Waals surface area (Å²) in [6.07, 6.45) is 0.332. The van der Waals surface area contributed by atoms with Crippen LogP contribution in [-0.2, 0) is 22.5 Å². The van der Waals surface area contributed by atoms with Crippen LogP contribution in [-0.4, -0.2) is 40.3 Å². The van der Waals surface area contributed by atoms with Gasteiger partial charge >= 0.3 is 11.9 Å². The molecule has 0 spiro atoms. The van der Waals surface area contributed by atoms with Gasteiger partial charge in [0.1, 0.15) is 11.8 Å². The van der Waals surface area contributed by atoms with Crippen molar-refractivity contribution in [2.75, 3.05) is 7.11 Å². The number of nitrogens with one attached hydrogen (secondary N) is 1. The molecular weight excluding hydrogens is 504 g/mol. The van der Waals surface area contributed by atoms with Crippen LogP contribution < -0.4 is 5.32 Å². The molecule has 1 aromatic heterocycles. The highest BCUT2D eigenvalue weighted by Gasteiger charge is 2.20. The van der Waals surface area contributed by atoms with Crippen LogP contribution in [0.5, 0.6) is 5.75 Å². The van der Waals surface area contributed by atoms with Crippen LogP contribution in [0.1, 0.15) is 21.6 Å². The highest BCUT2D eigenvalue weighted by atomic mass is 16.5. The summed E-state index contributed by atoms with van der Waals surface area (Å²) in [6.45, 7) is 0.163. The second kappa shape index (κ2) is 11.8. The van der Waals surface area contributed by atoms with Crippen LogP contribution >= 0.6 is 0 Å². The van der Waals surface area contributed by atoms with Crippen LogP contribution in [0.2, 0.25) is 0 Å². The Balaban J connectivity index is 1.39. The Morgan fingerprint density at radius 3 is 2.10 bits per heavy atom. The Morgan fingerprint density at radius 1 is 0.825 bits per heavy atom. The third-order valence-electron chi connectivity index (χ3n) is 6.81. The Labute approximate surface area is 231 Å². The molecule has 0 aliphatic rings. The number of methoxy groups -OCH3 is 1. The molecule has 4 aromatic carbocycles. The zero-order valence-electron chi connectivity index (χ0n) is 21.9. The van der Waals surface area contributed by atoms with E-state index in [4.69, 9.17) is 4.74 Å². The zero-order chi connectivity index (χ0) is 28.1. The lowest BCUT2D eigenvalue weighted by Crippen LogP contribution is -2.39. The standard InChI is InChI=1S/C33H28N2O5/c1-40-33(39)31(17-21-7-14-27(36)15-8-21)34-20-26-19-29(32(37)38)28-18-25(13-16-30(28)35-26)24-11-9-23(10-12-24)22-5-3-2-4-6-22/h2-16,18-19,31,34,36H,17,20H2,1H3,(H,37,38)/t31-/m0/s1. The summed E-state index contributed by atoms with van der Waals surface area (Å²) in [5.74, 6) is -1.37. The third kappa shape index (κ3) is 6.00. The predicted octanol–water partition coefficient (Wildman–Crippen LogP) is 5.85. The van der Waals surface area contributed by atoms with Crippen molar-refractivity contribution >= 4 is 22.8 Å². The average molecular weight is 533 g/mol. The molecule has 0 saturated heterocycles. The number of aromatic nitrogens is 1. The summed E-state index contributed by atoms with van der Waals surface area (Å²) in [7, 11) is 1.32. The fraction of sp³-hybridized carbons (Fsp3) is 0.121. The van der Waals surface area contributed by atoms with Crippen molar-refractivity contribution < 1.29 is 24.5 Å². The number of fused-ring (bicyclic) bond motifs is 1. The number of carbonyl (C=O) groups is 2. The molecular formula is C33H28N2O5. The highest BCUT2D eigenvalue weighted by molar-refractivity contribution is 6.03. The first-order valence-electron chi connectivity index (χ1n) is 12.8. The minimum Gasteiger partial charge on any atom is -0.508 e. The number of carbonyl (C=O) groups excluding carboxylic acids is 1. The molecule has 7 heteroatoms. The molecule has 1 atom stereocenters. The molecule has 5 rings (SSSR count). The average Bonchev–Trinajstić information content (AvgIpc) is 2.99. The number of aromatic hydroxyl groups is 1. The van der Waals surface area contributed by atoms with E-state index in [2.05, 4.69) is 34.6 Å². The summed E-state index contributed by atoms with van der Waals surface area (Å²) < 4.78 is 4.95. The van der Waals surface area contributed by atoms with Gasteiger partial charge in [-0.15, -0.1) is 0 Å². The van der Waals surface area contributed by atoms with Crippen molar-refractivity contribution in [1.29, 1.82) is 0 Å². The number of nitrogens with zero attached hydrogens (tertiary/aromatic N) is 1. The van der Waals surface area contributed by atoms with Gasteiger partial charge in [0.2, 0.25) is 0 Å². The largest absolute Gasteiger partial charge is 0.508 e. The third-order valence-corrected chi connectivity index (χ3v) is 6.81. The topological polar surface area (TPSA) is 109 Å². The lowest BCUT2D eigenvalue weighted by Gasteiger charge is -2.17. The highest BCUT2D eigenvalue weighted by Crippen LogP contribution is 2.29. The number of pyridine rings is 1. The minimum atomic E-state index is -1.06. The molecule has 3 N–H and O–H groups in total. The number of benzene rings is 4. The van der Waals surface area contributed by atoms with Gasteiger partial charge in [-0.25, -0.2) is 4.79 Å². The van der Waals surface area contributed by atoms with Crippen LogP contribution in [0.15, 0.2) is 103 Å². The van der Waals surface area contributed by atoms with Gasteiger partial charge < -0.3 is 14.9 Å². The molecule has 1 heterocycles. The van der Waals surface area contributed by atoms with Crippen molar-refractivity contribution in [3.63, 3.8) is 0 Å². The molecule has 0 aliphatic heterocycles. The molecule has 0 amide bonds. The molecule has 40 heavy (non-hydrogen) atoms. The smallest absolute Gasteiger partial charge is 0.336 e. The fourth-order valence-corrected chi connectivity index (χ4v) is 4.69. The van der Waals surface area contributed by atoms with Gasteiger partial charge in [0, 0.05) is 11.9 Å². The molecule has 0 aliphatic carbocycles. The quantitative estimate of drug-likeness (QED) is 0.205. The van der Waals surface area contributed by atoms with Gasteiger partial charge in [-0.3, -0.25) is 15.1 Å². The number of hydrogen-bond donors (Lipinski definition) is 3. The lowest BCUT2D eigenvalue weighted by atomic mass is 9.98. The Kier molecular flexibility index (Phi) is 7.84. The van der Waals surface area contributed by atoms with E-state index in [9.17, 15) is 19.8 Å². The molecule has 0 saturated carbocycles. The second-order valence-electron chi connectivity index (χ2n) is 9.47. The van der Waals surface area contributed by atoms with Gasteiger partial charge in [0.25, 0.3) is 0 Å². The minimum absolute atomic E-state index is 0.137. The monoisotopic (exact) mass is 532 g/mol. The van der Waals surface area contributed by atoms with Crippen molar-refractivity contribution in [3.05, 3.63) is 120 Å². The fourth-order valence-electron chi connectivity index (χ4n) is 4.69. The maximum Gasteiger partial charge on any atom is 0.336 e. The summed E-state index contributed by atoms with van der Waals surface area (Å²) >= 11 is 0. The number of hydrogen-bond acceptors (Lipinski definition) is 6. The van der Waals surface area contributed by atoms with E-state index in [1.165, 1.54) is 13.2 Å². The van der Waals surface area contributed by atoms with E-state index in [0.29, 0.717) is 23.0 Å². The van der Waals surface area contributed by atoms with Crippen LogP contribution in [0.25, 0.3) is 33.2 Å². The number of ether oxygens (including phenoxy) is 1. The van der Waals surface area contributed by atoms with E-state index >= 15 is 0 Å². The number of phenols is 1. The number of carboxylic acid groups (broad SMARTS) is 1. The molecule has 5 aromatic rings. The normalized spacial score (nSPS) is 11.7. The van der Waals surface area contributed by atoms with Crippen LogP contribution in [0, 0.1) is 0 Å². The second-order valence-corrected chi connectivity index (χ2v) is 9.47. The van der Waals surface area contributed by atoms with Gasteiger partial charge in [-0.05, 0) is 64.6 Å². The van der Waals surface area contributed by atoms with E-state index in [-0.39, 0.29) is 17.9 Å². The van der Waals surface area contributed by atoms with Crippen LogP contribution in [0.3, 0.4) is 0 Å². The summed E-state index contributed by atoms with van der Waals surface area (Å²) in [5.41, 5.74) is 6.11. The zero-order valence-corrected chi connectivity index (χ0v) is 21.9. The maximum atomic E-state index is 12.4. The van der Waals surface area contributed by atoms with Gasteiger partial charge in [-0.1, -0.05) is 72.8 Å². The number of rotatable bonds is 9. The van der Waals surface area contributed by atoms with Crippen LogP contribution in [0.4, 0.5) is 0 Å². The molecule has 0 radical (unpaired) electrons. The van der Waals surface area contributed by atoms with Gasteiger partial charge in [0.05, 0.1) is 23.9 Å². The summed E-state index contributed by atoms with van der Waals surface area (Å²) in [6, 6.07) is 31.3. The van der Waals surface area contributed by atoms with Crippen molar-refractivity contribution in [3.8, 4) is 28.0 Å². The van der Waals surface area contributed by atoms with Crippen molar-refractivity contribution in [2.45, 2.75) is 19.0 Å². The lowest BCUT2D eigenvalue weighted by molar-refractivity contribution is -0.143. The Bertz CT molecular complexity index is 1650. The number of carboxylic acids is 1. The van der Waals surface area contributed by atoms with Gasteiger partial charge in [0.15, 0.2) is 0 Å². The predicted molar refractivity (Wildman–Crippen MR) is 154 cm³/mol. The number of esters is 1. The Morgan fingerprint density at radius 2 is 1.45 bits per heavy atom. The van der Waals surface area contributed by atoms with Gasteiger partial charge in [-0.2, -0.15) is 0 Å². The number of phenolic OH excluding ortho intramolecular Hbond substituents is 1. The first-order chi connectivity index (χ1) is 19.4. The first-order valence-corrected chi connectivity index (χ1v) is 12.8. The summed E-state index contributed by atoms with van der Waals surface area (Å²) in [5, 5.41) is 23.2. The molecule has 200 valence electrons. The molecule has 0 bridgehead atoms. The SMILES string of the molecule is COC(=O)[C@H](Cc1ccc(O)cc1)NCc1cc(C(=O)O)c2cc(-c3ccc(-c4ccccc4)cc3)ccc2n1. The van der Waals surface area contributed by atoms with E-state index in [1.807, 2.05) is 48.5 Å². The molecule has 0 unspecified atom stereocenters. The Hall–Kier alpha value is -5.01. The van der Waals surface area contributed by atoms with Crippen molar-refractivity contribution in [2.24, 2.45) is 0 Å². The van der Waals surface area contributed by atoms with E-state index in [1.54, 1.807) is 24.3 Å². The molecule has 7 nitrogen and oxygen atoms in total. The van der Waals surface area contributed by atoms with Crippen molar-refractivity contribution in [1.82, 2.24) is 10.3 Å². The van der Waals surface area contributed by atoms with E-state index < -0.39 is 18.0 Å². The summed E-state index contributed by atoms with van der Waals surface area (Å²) in [4.78, 5) is 29.3. The first kappa shape index (κ1) is 26.6. The molecule has 0 fully saturated rings. The number of aromatic carboxylic acids is 1. The van der Waals surface area contributed by atoms with E-state index in [0.717, 1.165) is 27.8 Å².